The number of benzene rings is 1. The predicted molar refractivity (Wildman–Crippen MR) is 91.9 cm³/mol. The zero-order chi connectivity index (χ0) is 17.8. The molecule has 0 bridgehead atoms. The van der Waals surface area contributed by atoms with Gasteiger partial charge in [-0.25, -0.2) is 4.98 Å². The second-order valence-electron chi connectivity index (χ2n) is 5.07. The van der Waals surface area contributed by atoms with E-state index in [1.807, 2.05) is 0 Å². The molecule has 1 aromatic carbocycles. The van der Waals surface area contributed by atoms with Crippen LogP contribution < -0.4 is 4.90 Å². The molecule has 25 heavy (non-hydrogen) atoms. The third-order valence-corrected chi connectivity index (χ3v) is 3.59. The molecule has 2 heterocycles. The fraction of sp³-hybridized carbons (Fsp3) is 0.214. The summed E-state index contributed by atoms with van der Waals surface area (Å²) >= 11 is 1.36. The molecule has 0 unspecified atom stereocenters. The van der Waals surface area contributed by atoms with Crippen molar-refractivity contribution >= 4 is 39.5 Å². The van der Waals surface area contributed by atoms with E-state index in [1.54, 1.807) is 43.6 Å². The Morgan fingerprint density at radius 2 is 2.00 bits per heavy atom. The first-order valence-corrected chi connectivity index (χ1v) is 7.98. The van der Waals surface area contributed by atoms with Gasteiger partial charge in [0.15, 0.2) is 5.82 Å². The van der Waals surface area contributed by atoms with Crippen LogP contribution in [0, 0.1) is 6.92 Å². The number of aryl methyl sites for hydroxylation is 1. The second-order valence-corrected chi connectivity index (χ2v) is 5.94. The molecule has 10 nitrogen and oxygen atoms in total. The molecule has 11 heteroatoms. The van der Waals surface area contributed by atoms with Gasteiger partial charge < -0.3 is 14.5 Å². The molecular formula is C14H14N8O2S. The molecule has 0 aliphatic rings. The van der Waals surface area contributed by atoms with E-state index in [-0.39, 0.29) is 11.8 Å². The number of phenols is 1. The van der Waals surface area contributed by atoms with Crippen molar-refractivity contribution in [2.24, 2.45) is 20.5 Å². The van der Waals surface area contributed by atoms with Crippen molar-refractivity contribution in [1.29, 1.82) is 0 Å². The number of anilines is 1. The summed E-state index contributed by atoms with van der Waals surface area (Å²) in [4.78, 5) is 9.70. The molecule has 0 aliphatic heterocycles. The van der Waals surface area contributed by atoms with Gasteiger partial charge in [0.25, 0.3) is 0 Å². The van der Waals surface area contributed by atoms with Crippen LogP contribution in [0.2, 0.25) is 0 Å². The van der Waals surface area contributed by atoms with Crippen molar-refractivity contribution in [2.45, 2.75) is 6.92 Å². The minimum Gasteiger partial charge on any atom is -0.506 e. The molecule has 0 amide bonds. The topological polar surface area (TPSA) is 125 Å². The van der Waals surface area contributed by atoms with Gasteiger partial charge in [0.1, 0.15) is 17.1 Å². The molecule has 0 spiro atoms. The maximum atomic E-state index is 10.3. The van der Waals surface area contributed by atoms with Crippen LogP contribution in [0.15, 0.2) is 48.7 Å². The van der Waals surface area contributed by atoms with Crippen LogP contribution in [0.4, 0.5) is 28.2 Å². The number of nitrogens with zero attached hydrogens (tertiary/aromatic N) is 8. The lowest BCUT2D eigenvalue weighted by atomic mass is 10.2. The van der Waals surface area contributed by atoms with Crippen molar-refractivity contribution in [1.82, 2.24) is 15.1 Å². The predicted octanol–water partition coefficient (Wildman–Crippen LogP) is 4.44. The van der Waals surface area contributed by atoms with E-state index in [9.17, 15) is 5.11 Å². The lowest BCUT2D eigenvalue weighted by Crippen LogP contribution is -2.08. The number of aromatic nitrogens is 3. The summed E-state index contributed by atoms with van der Waals surface area (Å²) in [6.07, 6.45) is 1.64. The highest BCUT2D eigenvalue weighted by Gasteiger charge is 2.13. The molecular weight excluding hydrogens is 344 g/mol. The third kappa shape index (κ3) is 4.01. The van der Waals surface area contributed by atoms with Crippen LogP contribution in [0.3, 0.4) is 0 Å². The van der Waals surface area contributed by atoms with Gasteiger partial charge in [-0.15, -0.1) is 26.7 Å². The fourth-order valence-corrected chi connectivity index (χ4v) is 2.42. The maximum Gasteiger partial charge on any atom is 0.366 e. The van der Waals surface area contributed by atoms with Gasteiger partial charge in [-0.05, 0) is 13.0 Å². The number of aromatic hydroxyl groups is 1. The van der Waals surface area contributed by atoms with Crippen LogP contribution in [0.1, 0.15) is 5.82 Å². The van der Waals surface area contributed by atoms with Crippen molar-refractivity contribution in [3.63, 3.8) is 0 Å². The first-order valence-electron chi connectivity index (χ1n) is 7.10. The van der Waals surface area contributed by atoms with Gasteiger partial charge in [-0.1, -0.05) is 10.3 Å². The molecule has 0 atom stereocenters. The summed E-state index contributed by atoms with van der Waals surface area (Å²) in [5.41, 5.74) is 1.30. The number of hydrogen-bond donors (Lipinski definition) is 1. The Bertz CT molecular complexity index is 917. The molecule has 0 saturated carbocycles. The van der Waals surface area contributed by atoms with E-state index in [0.717, 1.165) is 0 Å². The molecule has 0 saturated heterocycles. The molecule has 0 radical (unpaired) electrons. The molecule has 128 valence electrons. The Hall–Kier alpha value is -3.21. The van der Waals surface area contributed by atoms with Gasteiger partial charge in [0.05, 0.1) is 5.69 Å². The van der Waals surface area contributed by atoms with Gasteiger partial charge in [-0.3, -0.25) is 0 Å². The second kappa shape index (κ2) is 7.13. The lowest BCUT2D eigenvalue weighted by Gasteiger charge is -2.16. The number of thiazole rings is 1. The first-order chi connectivity index (χ1) is 12.0. The van der Waals surface area contributed by atoms with Crippen LogP contribution >= 0.6 is 11.3 Å². The van der Waals surface area contributed by atoms with Gasteiger partial charge in [0.2, 0.25) is 5.13 Å². The monoisotopic (exact) mass is 358 g/mol. The van der Waals surface area contributed by atoms with E-state index in [4.69, 9.17) is 4.52 Å². The highest BCUT2D eigenvalue weighted by atomic mass is 32.1. The van der Waals surface area contributed by atoms with Gasteiger partial charge in [0, 0.05) is 31.7 Å². The van der Waals surface area contributed by atoms with Crippen molar-refractivity contribution in [2.75, 3.05) is 19.0 Å². The van der Waals surface area contributed by atoms with Crippen LogP contribution in [-0.2, 0) is 0 Å². The molecule has 2 aromatic heterocycles. The first kappa shape index (κ1) is 16.6. The Morgan fingerprint density at radius 1 is 1.16 bits per heavy atom. The smallest absolute Gasteiger partial charge is 0.366 e. The van der Waals surface area contributed by atoms with Crippen LogP contribution in [-0.4, -0.2) is 34.3 Å². The van der Waals surface area contributed by atoms with E-state index >= 15 is 0 Å². The van der Waals surface area contributed by atoms with Crippen molar-refractivity contribution in [3.05, 3.63) is 29.5 Å². The van der Waals surface area contributed by atoms with E-state index < -0.39 is 0 Å². The SMILES string of the molecule is Cc1noc(/N=N/c2cc(O)c(N(C)C)c(/N=N/c3nccs3)c2)n1. The summed E-state index contributed by atoms with van der Waals surface area (Å²) in [7, 11) is 3.58. The average molecular weight is 358 g/mol. The molecule has 3 aromatic rings. The van der Waals surface area contributed by atoms with Crippen LogP contribution in [0.25, 0.3) is 0 Å². The summed E-state index contributed by atoms with van der Waals surface area (Å²) in [5, 5.41) is 32.3. The Balaban J connectivity index is 1.96. The lowest BCUT2D eigenvalue weighted by molar-refractivity contribution is 0.421. The highest BCUT2D eigenvalue weighted by Crippen LogP contribution is 2.41. The Labute approximate surface area is 146 Å². The zero-order valence-electron chi connectivity index (χ0n) is 13.7. The highest BCUT2D eigenvalue weighted by molar-refractivity contribution is 7.13. The number of rotatable bonds is 5. The third-order valence-electron chi connectivity index (χ3n) is 2.93. The summed E-state index contributed by atoms with van der Waals surface area (Å²) in [5.74, 6) is 0.453. The largest absolute Gasteiger partial charge is 0.506 e. The molecule has 3 rings (SSSR count). The fourth-order valence-electron chi connectivity index (χ4n) is 1.97. The molecule has 1 N–H and O–H groups in total. The van der Waals surface area contributed by atoms with Gasteiger partial charge >= 0.3 is 6.01 Å². The maximum absolute atomic E-state index is 10.3. The Kier molecular flexibility index (Phi) is 4.75. The van der Waals surface area contributed by atoms with Crippen LogP contribution in [0.5, 0.6) is 5.75 Å². The minimum atomic E-state index is -0.00347. The zero-order valence-corrected chi connectivity index (χ0v) is 14.5. The summed E-state index contributed by atoms with van der Waals surface area (Å²) in [6.45, 7) is 1.68. The number of azo groups is 2. The normalized spacial score (nSPS) is 11.6. The van der Waals surface area contributed by atoms with E-state index in [2.05, 4.69) is 35.6 Å². The number of phenolic OH excluding ortho intramolecular Hbond substituents is 1. The summed E-state index contributed by atoms with van der Waals surface area (Å²) in [6, 6.07) is 3.13. The van der Waals surface area contributed by atoms with Crippen molar-refractivity contribution in [3.8, 4) is 5.75 Å². The Morgan fingerprint density at radius 3 is 2.64 bits per heavy atom. The molecule has 0 aliphatic carbocycles. The van der Waals surface area contributed by atoms with E-state index in [0.29, 0.717) is 28.0 Å². The minimum absolute atomic E-state index is 0.00347. The standard InChI is InChI=1S/C14H14N8O2S/c1-8-16-13(24-21-8)19-17-9-6-10(12(22(2)3)11(23)7-9)18-20-14-15-4-5-25-14/h4-7,23H,1-3H3/b19-17+,20-18+. The number of hydrogen-bond acceptors (Lipinski definition) is 11. The molecule has 0 fully saturated rings. The average Bonchev–Trinajstić information content (AvgIpc) is 3.21. The van der Waals surface area contributed by atoms with Crippen molar-refractivity contribution < 1.29 is 9.63 Å². The van der Waals surface area contributed by atoms with Gasteiger partial charge in [-0.2, -0.15) is 4.98 Å². The summed E-state index contributed by atoms with van der Waals surface area (Å²) < 4.78 is 4.86. The quantitative estimate of drug-likeness (QED) is 0.672. The van der Waals surface area contributed by atoms with E-state index in [1.165, 1.54) is 17.4 Å².